The Bertz CT molecular complexity index is 390. The lowest BCUT2D eigenvalue weighted by atomic mass is 9.97. The molecule has 1 atom stereocenters. The maximum absolute atomic E-state index is 11.0. The molecule has 86 valence electrons. The SMILES string of the molecule is CC(CC(=O)O)(Nc1ccccc1)C(=O)O. The van der Waals surface area contributed by atoms with Crippen LogP contribution in [0.5, 0.6) is 0 Å². The Labute approximate surface area is 92.7 Å². The first-order valence-corrected chi connectivity index (χ1v) is 4.72. The maximum Gasteiger partial charge on any atom is 0.329 e. The largest absolute Gasteiger partial charge is 0.481 e. The zero-order valence-electron chi connectivity index (χ0n) is 8.80. The molecule has 0 bridgehead atoms. The number of rotatable bonds is 5. The average molecular weight is 223 g/mol. The molecule has 1 unspecified atom stereocenters. The summed E-state index contributed by atoms with van der Waals surface area (Å²) < 4.78 is 0. The molecule has 0 radical (unpaired) electrons. The number of nitrogens with one attached hydrogen (secondary N) is 1. The molecule has 1 rings (SSSR count). The quantitative estimate of drug-likeness (QED) is 0.702. The van der Waals surface area contributed by atoms with Crippen LogP contribution in [0.15, 0.2) is 30.3 Å². The number of aliphatic carboxylic acids is 2. The van der Waals surface area contributed by atoms with Crippen LogP contribution in [0.1, 0.15) is 13.3 Å². The van der Waals surface area contributed by atoms with E-state index in [4.69, 9.17) is 10.2 Å². The summed E-state index contributed by atoms with van der Waals surface area (Å²) in [4.78, 5) is 21.6. The van der Waals surface area contributed by atoms with E-state index in [1.807, 2.05) is 0 Å². The standard InChI is InChI=1S/C11H13NO4/c1-11(10(15)16,7-9(13)14)12-8-5-3-2-4-6-8/h2-6,12H,7H2,1H3,(H,13,14)(H,15,16). The molecule has 0 aliphatic heterocycles. The molecule has 3 N–H and O–H groups in total. The molecular formula is C11H13NO4. The predicted octanol–water partition coefficient (Wildman–Crippen LogP) is 1.42. The molecule has 0 heterocycles. The van der Waals surface area contributed by atoms with Gasteiger partial charge in [0.05, 0.1) is 6.42 Å². The van der Waals surface area contributed by atoms with Crippen molar-refractivity contribution in [2.45, 2.75) is 18.9 Å². The van der Waals surface area contributed by atoms with E-state index in [2.05, 4.69) is 5.32 Å². The first-order chi connectivity index (χ1) is 7.44. The van der Waals surface area contributed by atoms with E-state index in [9.17, 15) is 9.59 Å². The van der Waals surface area contributed by atoms with Gasteiger partial charge >= 0.3 is 11.9 Å². The molecule has 0 saturated carbocycles. The highest BCUT2D eigenvalue weighted by Crippen LogP contribution is 2.18. The summed E-state index contributed by atoms with van der Waals surface area (Å²) in [6, 6.07) is 8.64. The molecule has 0 saturated heterocycles. The lowest BCUT2D eigenvalue weighted by Crippen LogP contribution is -2.45. The van der Waals surface area contributed by atoms with Crippen molar-refractivity contribution in [2.75, 3.05) is 5.32 Å². The first-order valence-electron chi connectivity index (χ1n) is 4.72. The van der Waals surface area contributed by atoms with Crippen molar-refractivity contribution in [3.8, 4) is 0 Å². The summed E-state index contributed by atoms with van der Waals surface area (Å²) in [5.74, 6) is -2.35. The van der Waals surface area contributed by atoms with Gasteiger partial charge in [-0.1, -0.05) is 18.2 Å². The van der Waals surface area contributed by atoms with Crippen molar-refractivity contribution < 1.29 is 19.8 Å². The van der Waals surface area contributed by atoms with Crippen molar-refractivity contribution in [3.63, 3.8) is 0 Å². The minimum Gasteiger partial charge on any atom is -0.481 e. The van der Waals surface area contributed by atoms with E-state index in [1.54, 1.807) is 30.3 Å². The predicted molar refractivity (Wildman–Crippen MR) is 58.4 cm³/mol. The van der Waals surface area contributed by atoms with Crippen molar-refractivity contribution in [2.24, 2.45) is 0 Å². The lowest BCUT2D eigenvalue weighted by molar-refractivity contribution is -0.148. The van der Waals surface area contributed by atoms with Crippen LogP contribution in [0.2, 0.25) is 0 Å². The highest BCUT2D eigenvalue weighted by atomic mass is 16.4. The molecule has 0 amide bonds. The Kier molecular flexibility index (Phi) is 3.50. The second-order valence-corrected chi connectivity index (χ2v) is 3.70. The summed E-state index contributed by atoms with van der Waals surface area (Å²) in [6.07, 6.45) is -0.489. The van der Waals surface area contributed by atoms with Gasteiger partial charge in [0.25, 0.3) is 0 Å². The van der Waals surface area contributed by atoms with E-state index in [0.29, 0.717) is 5.69 Å². The van der Waals surface area contributed by atoms with Crippen molar-refractivity contribution in [1.82, 2.24) is 0 Å². The Morgan fingerprint density at radius 3 is 2.25 bits per heavy atom. The summed E-state index contributed by atoms with van der Waals surface area (Å²) in [5, 5.41) is 20.4. The van der Waals surface area contributed by atoms with Crippen LogP contribution in [0.3, 0.4) is 0 Å². The number of benzene rings is 1. The summed E-state index contributed by atoms with van der Waals surface area (Å²) in [5.41, 5.74) is -0.929. The third-order valence-corrected chi connectivity index (χ3v) is 2.17. The van der Waals surface area contributed by atoms with Crippen molar-refractivity contribution >= 4 is 17.6 Å². The van der Waals surface area contributed by atoms with Crippen LogP contribution in [0.25, 0.3) is 0 Å². The van der Waals surface area contributed by atoms with Gasteiger partial charge in [0, 0.05) is 5.69 Å². The van der Waals surface area contributed by atoms with Crippen molar-refractivity contribution in [3.05, 3.63) is 30.3 Å². The molecule has 5 nitrogen and oxygen atoms in total. The number of anilines is 1. The van der Waals surface area contributed by atoms with Gasteiger partial charge in [0.2, 0.25) is 0 Å². The van der Waals surface area contributed by atoms with Gasteiger partial charge in [-0.05, 0) is 19.1 Å². The molecule has 5 heteroatoms. The maximum atomic E-state index is 11.0. The molecule has 0 fully saturated rings. The minimum atomic E-state index is -1.51. The minimum absolute atomic E-state index is 0.489. The Morgan fingerprint density at radius 1 is 1.25 bits per heavy atom. The number of hydrogen-bond acceptors (Lipinski definition) is 3. The number of para-hydroxylation sites is 1. The van der Waals surface area contributed by atoms with Crippen LogP contribution in [-0.4, -0.2) is 27.7 Å². The van der Waals surface area contributed by atoms with E-state index < -0.39 is 23.9 Å². The monoisotopic (exact) mass is 223 g/mol. The molecule has 0 aliphatic carbocycles. The normalized spacial score (nSPS) is 13.8. The van der Waals surface area contributed by atoms with Crippen molar-refractivity contribution in [1.29, 1.82) is 0 Å². The lowest BCUT2D eigenvalue weighted by Gasteiger charge is -2.25. The first kappa shape index (κ1) is 12.0. The summed E-state index contributed by atoms with van der Waals surface area (Å²) >= 11 is 0. The van der Waals surface area contributed by atoms with Crippen LogP contribution in [-0.2, 0) is 9.59 Å². The second kappa shape index (κ2) is 4.65. The van der Waals surface area contributed by atoms with Crippen LogP contribution in [0, 0.1) is 0 Å². The molecule has 1 aromatic carbocycles. The zero-order valence-corrected chi connectivity index (χ0v) is 8.80. The Balaban J connectivity index is 2.87. The van der Waals surface area contributed by atoms with Gasteiger partial charge in [0.1, 0.15) is 5.54 Å². The molecule has 0 aromatic heterocycles. The van der Waals surface area contributed by atoms with Crippen LogP contribution in [0.4, 0.5) is 5.69 Å². The van der Waals surface area contributed by atoms with Gasteiger partial charge in [-0.2, -0.15) is 0 Å². The van der Waals surface area contributed by atoms with Gasteiger partial charge in [0.15, 0.2) is 0 Å². The zero-order chi connectivity index (χ0) is 12.2. The third kappa shape index (κ3) is 2.98. The highest BCUT2D eigenvalue weighted by Gasteiger charge is 2.35. The van der Waals surface area contributed by atoms with E-state index in [0.717, 1.165) is 0 Å². The molecular weight excluding hydrogens is 210 g/mol. The fourth-order valence-electron chi connectivity index (χ4n) is 1.32. The van der Waals surface area contributed by atoms with E-state index in [1.165, 1.54) is 6.92 Å². The van der Waals surface area contributed by atoms with Crippen LogP contribution < -0.4 is 5.32 Å². The van der Waals surface area contributed by atoms with Gasteiger partial charge < -0.3 is 15.5 Å². The Morgan fingerprint density at radius 2 is 1.81 bits per heavy atom. The highest BCUT2D eigenvalue weighted by molar-refractivity contribution is 5.87. The third-order valence-electron chi connectivity index (χ3n) is 2.17. The molecule has 1 aromatic rings. The Hall–Kier alpha value is -2.04. The smallest absolute Gasteiger partial charge is 0.329 e. The fraction of sp³-hybridized carbons (Fsp3) is 0.273. The van der Waals surface area contributed by atoms with Crippen LogP contribution >= 0.6 is 0 Å². The average Bonchev–Trinajstić information content (AvgIpc) is 2.17. The summed E-state index contributed by atoms with van der Waals surface area (Å²) in [7, 11) is 0. The molecule has 16 heavy (non-hydrogen) atoms. The number of carbonyl (C=O) groups is 2. The topological polar surface area (TPSA) is 86.6 Å². The molecule has 0 spiro atoms. The van der Waals surface area contributed by atoms with E-state index >= 15 is 0 Å². The van der Waals surface area contributed by atoms with Gasteiger partial charge in [-0.15, -0.1) is 0 Å². The summed E-state index contributed by atoms with van der Waals surface area (Å²) in [6.45, 7) is 1.34. The fourth-order valence-corrected chi connectivity index (χ4v) is 1.32. The van der Waals surface area contributed by atoms with Gasteiger partial charge in [-0.3, -0.25) is 4.79 Å². The second-order valence-electron chi connectivity index (χ2n) is 3.70. The number of carboxylic acid groups (broad SMARTS) is 2. The van der Waals surface area contributed by atoms with E-state index in [-0.39, 0.29) is 0 Å². The number of carboxylic acids is 2. The molecule has 0 aliphatic rings. The van der Waals surface area contributed by atoms with Gasteiger partial charge in [-0.25, -0.2) is 4.79 Å². The number of hydrogen-bond donors (Lipinski definition) is 3.